The molecule has 3 unspecified atom stereocenters. The molecule has 18 heavy (non-hydrogen) atoms. The van der Waals surface area contributed by atoms with Crippen LogP contribution in [0.1, 0.15) is 31.5 Å². The minimum absolute atomic E-state index is 0.0785. The van der Waals surface area contributed by atoms with Crippen LogP contribution in [0.4, 0.5) is 0 Å². The predicted octanol–water partition coefficient (Wildman–Crippen LogP) is 4.65. The zero-order valence-electron chi connectivity index (χ0n) is 10.5. The number of nitrogens with zero attached hydrogens (tertiary/aromatic N) is 2. The fourth-order valence-corrected chi connectivity index (χ4v) is 2.83. The highest BCUT2D eigenvalue weighted by atomic mass is 35.5. The highest BCUT2D eigenvalue weighted by Crippen LogP contribution is 2.40. The summed E-state index contributed by atoms with van der Waals surface area (Å²) in [4.78, 5) is 4.63. The van der Waals surface area contributed by atoms with Crippen LogP contribution in [-0.4, -0.2) is 9.55 Å². The van der Waals surface area contributed by atoms with Gasteiger partial charge in [-0.15, -0.1) is 11.6 Å². The molecule has 0 spiro atoms. The Hall–Kier alpha value is -0.730. The zero-order chi connectivity index (χ0) is 12.9. The second-order valence-corrected chi connectivity index (χ2v) is 6.39. The number of aromatic nitrogens is 2. The number of hydrogen-bond donors (Lipinski definition) is 0. The van der Waals surface area contributed by atoms with Crippen molar-refractivity contribution in [1.29, 1.82) is 0 Å². The molecule has 1 saturated carbocycles. The van der Waals surface area contributed by atoms with E-state index in [9.17, 15) is 0 Å². The maximum absolute atomic E-state index is 6.24. The van der Waals surface area contributed by atoms with Gasteiger partial charge in [-0.3, -0.25) is 0 Å². The first-order valence-corrected chi connectivity index (χ1v) is 7.17. The molecule has 3 atom stereocenters. The Morgan fingerprint density at radius 1 is 1.50 bits per heavy atom. The van der Waals surface area contributed by atoms with Crippen LogP contribution in [0.2, 0.25) is 5.02 Å². The van der Waals surface area contributed by atoms with Crippen LogP contribution >= 0.6 is 23.2 Å². The first-order valence-electron chi connectivity index (χ1n) is 6.36. The lowest BCUT2D eigenvalue weighted by molar-refractivity contribution is 0.582. The number of rotatable bonds is 3. The van der Waals surface area contributed by atoms with Crippen LogP contribution in [0.5, 0.6) is 0 Å². The minimum Gasteiger partial charge on any atom is -0.326 e. The molecule has 1 heterocycles. The largest absolute Gasteiger partial charge is 0.326 e. The van der Waals surface area contributed by atoms with Crippen LogP contribution in [-0.2, 0) is 6.54 Å². The van der Waals surface area contributed by atoms with Gasteiger partial charge in [0.2, 0.25) is 0 Å². The van der Waals surface area contributed by atoms with Gasteiger partial charge in [0, 0.05) is 11.6 Å². The third kappa shape index (κ3) is 2.12. The molecule has 1 aromatic heterocycles. The van der Waals surface area contributed by atoms with Crippen molar-refractivity contribution in [3.63, 3.8) is 0 Å². The lowest BCUT2D eigenvalue weighted by atomic mass is 10.3. The fraction of sp³-hybridized carbons (Fsp3) is 0.500. The van der Waals surface area contributed by atoms with E-state index in [0.29, 0.717) is 0 Å². The number of fused-ring (bicyclic) bond motifs is 1. The van der Waals surface area contributed by atoms with Gasteiger partial charge >= 0.3 is 0 Å². The standard InChI is InChI=1S/C14H16Cl2N2/c1-8-5-10(8)7-18-13-6-11(16)3-4-12(13)17-14(18)9(2)15/h3-4,6,8-10H,5,7H2,1-2H3. The van der Waals surface area contributed by atoms with Gasteiger partial charge in [0.25, 0.3) is 0 Å². The molecule has 1 aliphatic carbocycles. The van der Waals surface area contributed by atoms with Crippen LogP contribution in [0.15, 0.2) is 18.2 Å². The Balaban J connectivity index is 2.10. The molecule has 0 N–H and O–H groups in total. The molecule has 0 bridgehead atoms. The predicted molar refractivity (Wildman–Crippen MR) is 76.3 cm³/mol. The Morgan fingerprint density at radius 3 is 2.83 bits per heavy atom. The zero-order valence-corrected chi connectivity index (χ0v) is 12.0. The minimum atomic E-state index is -0.0785. The number of benzene rings is 1. The van der Waals surface area contributed by atoms with Gasteiger partial charge in [-0.2, -0.15) is 0 Å². The average Bonchev–Trinajstić information content (AvgIpc) is 2.87. The van der Waals surface area contributed by atoms with Gasteiger partial charge in [-0.25, -0.2) is 4.98 Å². The maximum atomic E-state index is 6.24. The highest BCUT2D eigenvalue weighted by molar-refractivity contribution is 6.31. The Morgan fingerprint density at radius 2 is 2.22 bits per heavy atom. The van der Waals surface area contributed by atoms with Crippen molar-refractivity contribution in [2.75, 3.05) is 0 Å². The van der Waals surface area contributed by atoms with Gasteiger partial charge in [0.05, 0.1) is 16.4 Å². The normalized spacial score (nSPS) is 24.4. The summed E-state index contributed by atoms with van der Waals surface area (Å²) in [6.45, 7) is 5.27. The third-order valence-electron chi connectivity index (χ3n) is 3.79. The summed E-state index contributed by atoms with van der Waals surface area (Å²) in [7, 11) is 0. The van der Waals surface area contributed by atoms with Crippen LogP contribution in [0.25, 0.3) is 11.0 Å². The fourth-order valence-electron chi connectivity index (χ4n) is 2.50. The summed E-state index contributed by atoms with van der Waals surface area (Å²) in [5, 5.41) is 0.673. The molecule has 3 rings (SSSR count). The smallest absolute Gasteiger partial charge is 0.127 e. The molecule has 0 amide bonds. The highest BCUT2D eigenvalue weighted by Gasteiger charge is 2.33. The molecule has 0 radical (unpaired) electrons. The van der Waals surface area contributed by atoms with Gasteiger partial charge in [0.15, 0.2) is 0 Å². The van der Waals surface area contributed by atoms with Crippen molar-refractivity contribution < 1.29 is 0 Å². The van der Waals surface area contributed by atoms with Crippen molar-refractivity contribution >= 4 is 34.2 Å². The Labute approximate surface area is 117 Å². The SMILES string of the molecule is CC(Cl)c1nc2ccc(Cl)cc2n1CC1CC1C. The number of halogens is 2. The van der Waals surface area contributed by atoms with Gasteiger partial charge < -0.3 is 4.57 Å². The lowest BCUT2D eigenvalue weighted by Gasteiger charge is -2.10. The molecule has 0 saturated heterocycles. The van der Waals surface area contributed by atoms with Crippen LogP contribution in [0.3, 0.4) is 0 Å². The Kier molecular flexibility index (Phi) is 3.03. The summed E-state index contributed by atoms with van der Waals surface area (Å²) < 4.78 is 2.24. The molecule has 1 fully saturated rings. The second-order valence-electron chi connectivity index (χ2n) is 5.30. The van der Waals surface area contributed by atoms with Gasteiger partial charge in [-0.1, -0.05) is 18.5 Å². The van der Waals surface area contributed by atoms with E-state index in [4.69, 9.17) is 23.2 Å². The molecular weight excluding hydrogens is 267 g/mol. The van der Waals surface area contributed by atoms with E-state index in [-0.39, 0.29) is 5.38 Å². The molecule has 2 aromatic rings. The van der Waals surface area contributed by atoms with Crippen molar-refractivity contribution in [3.8, 4) is 0 Å². The van der Waals surface area contributed by atoms with Gasteiger partial charge in [0.1, 0.15) is 5.82 Å². The molecule has 1 aromatic carbocycles. The summed E-state index contributed by atoms with van der Waals surface area (Å²) in [5.41, 5.74) is 2.08. The van der Waals surface area contributed by atoms with E-state index in [1.54, 1.807) is 0 Å². The van der Waals surface area contributed by atoms with E-state index < -0.39 is 0 Å². The third-order valence-corrected chi connectivity index (χ3v) is 4.22. The average molecular weight is 283 g/mol. The van der Waals surface area contributed by atoms with Crippen LogP contribution in [0, 0.1) is 11.8 Å². The van der Waals surface area contributed by atoms with Crippen LogP contribution < -0.4 is 0 Å². The van der Waals surface area contributed by atoms with E-state index in [1.165, 1.54) is 6.42 Å². The molecule has 4 heteroatoms. The van der Waals surface area contributed by atoms with E-state index in [0.717, 1.165) is 40.3 Å². The molecule has 1 aliphatic rings. The van der Waals surface area contributed by atoms with E-state index in [1.807, 2.05) is 25.1 Å². The van der Waals surface area contributed by atoms with Crippen molar-refractivity contribution in [2.45, 2.75) is 32.2 Å². The molecular formula is C14H16Cl2N2. The maximum Gasteiger partial charge on any atom is 0.127 e. The topological polar surface area (TPSA) is 17.8 Å². The molecule has 96 valence electrons. The van der Waals surface area contributed by atoms with E-state index >= 15 is 0 Å². The summed E-state index contributed by atoms with van der Waals surface area (Å²) in [6.07, 6.45) is 1.30. The lowest BCUT2D eigenvalue weighted by Crippen LogP contribution is -2.06. The number of imidazole rings is 1. The summed E-state index contributed by atoms with van der Waals surface area (Å²) >= 11 is 12.3. The number of alkyl halides is 1. The quantitative estimate of drug-likeness (QED) is 0.750. The van der Waals surface area contributed by atoms with E-state index in [2.05, 4.69) is 16.5 Å². The second kappa shape index (κ2) is 4.43. The molecule has 2 nitrogen and oxygen atoms in total. The van der Waals surface area contributed by atoms with Crippen molar-refractivity contribution in [2.24, 2.45) is 11.8 Å². The van der Waals surface area contributed by atoms with Crippen molar-refractivity contribution in [1.82, 2.24) is 9.55 Å². The van der Waals surface area contributed by atoms with Gasteiger partial charge in [-0.05, 0) is 43.4 Å². The molecule has 0 aliphatic heterocycles. The monoisotopic (exact) mass is 282 g/mol. The van der Waals surface area contributed by atoms with Crippen molar-refractivity contribution in [3.05, 3.63) is 29.0 Å². The summed E-state index contributed by atoms with van der Waals surface area (Å²) in [6, 6.07) is 5.83. The first kappa shape index (κ1) is 12.3. The summed E-state index contributed by atoms with van der Waals surface area (Å²) in [5.74, 6) is 2.53. The Bertz CT molecular complexity index is 589. The number of hydrogen-bond acceptors (Lipinski definition) is 1. The first-order chi connectivity index (χ1) is 8.56.